The van der Waals surface area contributed by atoms with Gasteiger partial charge in [0.25, 0.3) is 0 Å². The highest BCUT2D eigenvalue weighted by Gasteiger charge is 2.14. The summed E-state index contributed by atoms with van der Waals surface area (Å²) in [6.07, 6.45) is 5.49. The SMILES string of the molecule is NC1CCC(=Cc2cccc(Cl)c2)C1. The molecule has 1 saturated carbocycles. The molecule has 1 atom stereocenters. The Morgan fingerprint density at radius 1 is 1.43 bits per heavy atom. The molecule has 2 rings (SSSR count). The Morgan fingerprint density at radius 3 is 2.93 bits per heavy atom. The Kier molecular flexibility index (Phi) is 2.90. The van der Waals surface area contributed by atoms with Crippen LogP contribution in [0.1, 0.15) is 24.8 Å². The van der Waals surface area contributed by atoms with Crippen molar-refractivity contribution in [2.24, 2.45) is 5.73 Å². The Balaban J connectivity index is 2.17. The molecular weight excluding hydrogens is 194 g/mol. The quantitative estimate of drug-likeness (QED) is 0.752. The minimum absolute atomic E-state index is 0.362. The molecule has 0 heterocycles. The Morgan fingerprint density at radius 2 is 2.29 bits per heavy atom. The third-order valence-corrected chi connectivity index (χ3v) is 2.82. The van der Waals surface area contributed by atoms with Crippen molar-refractivity contribution >= 4 is 17.7 Å². The van der Waals surface area contributed by atoms with Crippen molar-refractivity contribution in [3.63, 3.8) is 0 Å². The fourth-order valence-corrected chi connectivity index (χ4v) is 2.07. The number of hydrogen-bond acceptors (Lipinski definition) is 1. The van der Waals surface area contributed by atoms with Crippen LogP contribution in [-0.2, 0) is 0 Å². The van der Waals surface area contributed by atoms with E-state index in [0.29, 0.717) is 6.04 Å². The minimum atomic E-state index is 0.362. The highest BCUT2D eigenvalue weighted by Crippen LogP contribution is 2.25. The lowest BCUT2D eigenvalue weighted by Crippen LogP contribution is -2.13. The molecule has 74 valence electrons. The summed E-state index contributed by atoms with van der Waals surface area (Å²) in [6, 6.07) is 8.29. The molecule has 1 aromatic rings. The van der Waals surface area contributed by atoms with E-state index >= 15 is 0 Å². The first-order chi connectivity index (χ1) is 6.74. The van der Waals surface area contributed by atoms with Crippen molar-refractivity contribution in [3.8, 4) is 0 Å². The maximum absolute atomic E-state index is 5.91. The smallest absolute Gasteiger partial charge is 0.0411 e. The molecule has 14 heavy (non-hydrogen) atoms. The average molecular weight is 208 g/mol. The molecule has 0 amide bonds. The monoisotopic (exact) mass is 207 g/mol. The molecule has 1 aliphatic rings. The van der Waals surface area contributed by atoms with Crippen molar-refractivity contribution in [2.45, 2.75) is 25.3 Å². The fraction of sp³-hybridized carbons (Fsp3) is 0.333. The summed E-state index contributed by atoms with van der Waals surface area (Å²) in [5, 5.41) is 0.793. The third kappa shape index (κ3) is 2.37. The maximum Gasteiger partial charge on any atom is 0.0411 e. The van der Waals surface area contributed by atoms with Gasteiger partial charge >= 0.3 is 0 Å². The van der Waals surface area contributed by atoms with Crippen molar-refractivity contribution in [2.75, 3.05) is 0 Å². The molecule has 1 unspecified atom stereocenters. The van der Waals surface area contributed by atoms with Crippen molar-refractivity contribution in [1.29, 1.82) is 0 Å². The zero-order valence-electron chi connectivity index (χ0n) is 8.04. The number of nitrogens with two attached hydrogens (primary N) is 1. The molecule has 1 nitrogen and oxygen atoms in total. The first-order valence-electron chi connectivity index (χ1n) is 4.94. The van der Waals surface area contributed by atoms with Crippen LogP contribution in [0.5, 0.6) is 0 Å². The van der Waals surface area contributed by atoms with Gasteiger partial charge in [0.2, 0.25) is 0 Å². The van der Waals surface area contributed by atoms with Crippen LogP contribution in [0.4, 0.5) is 0 Å². The van der Waals surface area contributed by atoms with Crippen LogP contribution in [0.3, 0.4) is 0 Å². The number of rotatable bonds is 1. The van der Waals surface area contributed by atoms with Gasteiger partial charge in [-0.2, -0.15) is 0 Å². The molecule has 0 aliphatic heterocycles. The molecule has 2 N–H and O–H groups in total. The molecule has 0 aromatic heterocycles. The predicted molar refractivity (Wildman–Crippen MR) is 61.3 cm³/mol. The number of halogens is 1. The summed E-state index contributed by atoms with van der Waals surface area (Å²) in [5.41, 5.74) is 8.47. The van der Waals surface area contributed by atoms with Crippen LogP contribution >= 0.6 is 11.6 Å². The predicted octanol–water partition coefficient (Wildman–Crippen LogP) is 3.23. The molecular formula is C12H14ClN. The standard InChI is InChI=1S/C12H14ClN/c13-11-3-1-2-9(7-11)6-10-4-5-12(14)8-10/h1-3,6-7,12H,4-5,8,14H2. The highest BCUT2D eigenvalue weighted by molar-refractivity contribution is 6.30. The van der Waals surface area contributed by atoms with E-state index in [1.807, 2.05) is 18.2 Å². The zero-order valence-corrected chi connectivity index (χ0v) is 8.80. The Hall–Kier alpha value is -0.790. The summed E-state index contributed by atoms with van der Waals surface area (Å²) in [5.74, 6) is 0. The summed E-state index contributed by atoms with van der Waals surface area (Å²) in [6.45, 7) is 0. The van der Waals surface area contributed by atoms with E-state index < -0.39 is 0 Å². The fourth-order valence-electron chi connectivity index (χ4n) is 1.87. The molecule has 0 radical (unpaired) electrons. The second-order valence-electron chi connectivity index (χ2n) is 3.86. The zero-order chi connectivity index (χ0) is 9.97. The lowest BCUT2D eigenvalue weighted by atomic mass is 10.1. The summed E-state index contributed by atoms with van der Waals surface area (Å²) < 4.78 is 0. The van der Waals surface area contributed by atoms with Gasteiger partial charge in [-0.25, -0.2) is 0 Å². The Labute approximate surface area is 89.6 Å². The molecule has 0 spiro atoms. The lowest BCUT2D eigenvalue weighted by Gasteiger charge is -1.99. The lowest BCUT2D eigenvalue weighted by molar-refractivity contribution is 0.711. The van der Waals surface area contributed by atoms with Gasteiger partial charge in [0.15, 0.2) is 0 Å². The van der Waals surface area contributed by atoms with Crippen molar-refractivity contribution in [1.82, 2.24) is 0 Å². The first kappa shape index (κ1) is 9.75. The Bertz CT molecular complexity index is 357. The summed E-state index contributed by atoms with van der Waals surface area (Å²) >= 11 is 5.91. The molecule has 1 fully saturated rings. The molecule has 0 saturated heterocycles. The van der Waals surface area contributed by atoms with Crippen LogP contribution in [0.25, 0.3) is 6.08 Å². The van der Waals surface area contributed by atoms with E-state index in [0.717, 1.165) is 24.3 Å². The van der Waals surface area contributed by atoms with E-state index in [-0.39, 0.29) is 0 Å². The van der Waals surface area contributed by atoms with Gasteiger partial charge in [0, 0.05) is 11.1 Å². The van der Waals surface area contributed by atoms with Crippen LogP contribution in [-0.4, -0.2) is 6.04 Å². The van der Waals surface area contributed by atoms with Gasteiger partial charge in [0.1, 0.15) is 0 Å². The number of benzene rings is 1. The maximum atomic E-state index is 5.91. The van der Waals surface area contributed by atoms with Gasteiger partial charge in [-0.3, -0.25) is 0 Å². The van der Waals surface area contributed by atoms with E-state index in [1.54, 1.807) is 0 Å². The van der Waals surface area contributed by atoms with E-state index in [1.165, 1.54) is 11.1 Å². The molecule has 2 heteroatoms. The van der Waals surface area contributed by atoms with Crippen LogP contribution < -0.4 is 5.73 Å². The van der Waals surface area contributed by atoms with E-state index in [2.05, 4.69) is 12.1 Å². The van der Waals surface area contributed by atoms with Crippen molar-refractivity contribution in [3.05, 3.63) is 40.4 Å². The molecule has 0 bridgehead atoms. The van der Waals surface area contributed by atoms with E-state index in [9.17, 15) is 0 Å². The third-order valence-electron chi connectivity index (χ3n) is 2.58. The first-order valence-corrected chi connectivity index (χ1v) is 5.32. The van der Waals surface area contributed by atoms with Gasteiger partial charge in [0.05, 0.1) is 0 Å². The van der Waals surface area contributed by atoms with Gasteiger partial charge in [-0.05, 0) is 37.0 Å². The van der Waals surface area contributed by atoms with Crippen LogP contribution in [0, 0.1) is 0 Å². The van der Waals surface area contributed by atoms with Gasteiger partial charge in [-0.15, -0.1) is 0 Å². The summed E-state index contributed by atoms with van der Waals surface area (Å²) in [7, 11) is 0. The van der Waals surface area contributed by atoms with Crippen LogP contribution in [0.15, 0.2) is 29.8 Å². The summed E-state index contributed by atoms with van der Waals surface area (Å²) in [4.78, 5) is 0. The van der Waals surface area contributed by atoms with Gasteiger partial charge < -0.3 is 5.73 Å². The number of hydrogen-bond donors (Lipinski definition) is 1. The minimum Gasteiger partial charge on any atom is -0.327 e. The normalized spacial score (nSPS) is 24.4. The van der Waals surface area contributed by atoms with Gasteiger partial charge in [-0.1, -0.05) is 35.4 Å². The highest BCUT2D eigenvalue weighted by atomic mass is 35.5. The molecule has 1 aromatic carbocycles. The second kappa shape index (κ2) is 4.16. The van der Waals surface area contributed by atoms with E-state index in [4.69, 9.17) is 17.3 Å². The average Bonchev–Trinajstić information content (AvgIpc) is 2.51. The largest absolute Gasteiger partial charge is 0.327 e. The van der Waals surface area contributed by atoms with Crippen LogP contribution in [0.2, 0.25) is 5.02 Å². The molecule has 1 aliphatic carbocycles. The second-order valence-corrected chi connectivity index (χ2v) is 4.30. The topological polar surface area (TPSA) is 26.0 Å². The van der Waals surface area contributed by atoms with Crippen molar-refractivity contribution < 1.29 is 0 Å².